The number of sulfonamides is 1. The maximum absolute atomic E-state index is 12.8. The molecule has 27 heavy (non-hydrogen) atoms. The zero-order valence-corrected chi connectivity index (χ0v) is 17.3. The van der Waals surface area contributed by atoms with Gasteiger partial charge in [0.2, 0.25) is 15.9 Å². The summed E-state index contributed by atoms with van der Waals surface area (Å²) in [6, 6.07) is 6.76. The molecular weight excluding hydrogens is 360 g/mol. The van der Waals surface area contributed by atoms with Gasteiger partial charge in [-0.2, -0.15) is 4.31 Å². The topological polar surface area (TPSA) is 63.4 Å². The van der Waals surface area contributed by atoms with Crippen LogP contribution in [0, 0.1) is 0 Å². The molecule has 0 atom stereocenters. The van der Waals surface area contributed by atoms with Crippen molar-refractivity contribution in [3.8, 4) is 11.5 Å². The van der Waals surface area contributed by atoms with Gasteiger partial charge in [0.15, 0.2) is 0 Å². The summed E-state index contributed by atoms with van der Waals surface area (Å²) in [7, 11) is -3.47. The van der Waals surface area contributed by atoms with E-state index in [1.165, 1.54) is 0 Å². The molecular formula is C21H30N2O3S. The Morgan fingerprint density at radius 1 is 1.04 bits per heavy atom. The first kappa shape index (κ1) is 21.4. The Bertz CT molecular complexity index is 817. The standard InChI is InChI=1S/C21H30N2O3S/c1-4-7-8-9-10-19-17-26-21(22-19)18-11-13-20(14-12-18)27(24,25)23(15-5-2)16-6-3/h9-14,17H,4-8,15-16H2,1-3H3. The van der Waals surface area contributed by atoms with E-state index < -0.39 is 10.0 Å². The summed E-state index contributed by atoms with van der Waals surface area (Å²) in [5.41, 5.74) is 1.54. The van der Waals surface area contributed by atoms with E-state index >= 15 is 0 Å². The minimum atomic E-state index is -3.47. The van der Waals surface area contributed by atoms with Crippen LogP contribution in [0.5, 0.6) is 0 Å². The Balaban J connectivity index is 2.15. The molecule has 6 heteroatoms. The third-order valence-corrected chi connectivity index (χ3v) is 6.13. The van der Waals surface area contributed by atoms with Crippen LogP contribution in [0.25, 0.3) is 17.5 Å². The van der Waals surface area contributed by atoms with Crippen molar-refractivity contribution in [2.75, 3.05) is 13.1 Å². The highest BCUT2D eigenvalue weighted by molar-refractivity contribution is 7.89. The van der Waals surface area contributed by atoms with E-state index in [2.05, 4.69) is 18.0 Å². The number of benzene rings is 1. The number of hydrogen-bond acceptors (Lipinski definition) is 4. The molecule has 1 aromatic carbocycles. The summed E-state index contributed by atoms with van der Waals surface area (Å²) in [6.07, 6.45) is 10.6. The lowest BCUT2D eigenvalue weighted by atomic mass is 10.2. The summed E-state index contributed by atoms with van der Waals surface area (Å²) in [5, 5.41) is 0. The van der Waals surface area contributed by atoms with Crippen molar-refractivity contribution in [1.82, 2.24) is 9.29 Å². The van der Waals surface area contributed by atoms with Gasteiger partial charge in [-0.1, -0.05) is 39.7 Å². The van der Waals surface area contributed by atoms with Gasteiger partial charge in [-0.3, -0.25) is 0 Å². The molecule has 0 saturated heterocycles. The summed E-state index contributed by atoms with van der Waals surface area (Å²) in [4.78, 5) is 4.76. The molecule has 2 aromatic rings. The van der Waals surface area contributed by atoms with Gasteiger partial charge in [-0.25, -0.2) is 13.4 Å². The predicted molar refractivity (Wildman–Crippen MR) is 110 cm³/mol. The van der Waals surface area contributed by atoms with Crippen LogP contribution in [0.3, 0.4) is 0 Å². The maximum atomic E-state index is 12.8. The van der Waals surface area contributed by atoms with Crippen LogP contribution in [-0.2, 0) is 10.0 Å². The monoisotopic (exact) mass is 390 g/mol. The van der Waals surface area contributed by atoms with Gasteiger partial charge >= 0.3 is 0 Å². The first-order chi connectivity index (χ1) is 13.0. The van der Waals surface area contributed by atoms with Crippen molar-refractivity contribution in [3.63, 3.8) is 0 Å². The molecule has 0 aliphatic carbocycles. The fourth-order valence-electron chi connectivity index (χ4n) is 2.79. The lowest BCUT2D eigenvalue weighted by Gasteiger charge is -2.21. The number of nitrogens with zero attached hydrogens (tertiary/aromatic N) is 2. The molecule has 0 fully saturated rings. The number of rotatable bonds is 11. The molecule has 0 spiro atoms. The van der Waals surface area contributed by atoms with Crippen molar-refractivity contribution >= 4 is 16.1 Å². The summed E-state index contributed by atoms with van der Waals surface area (Å²) in [6.45, 7) is 7.20. The van der Waals surface area contributed by atoms with E-state index in [1.54, 1.807) is 34.8 Å². The van der Waals surface area contributed by atoms with Crippen molar-refractivity contribution in [1.29, 1.82) is 0 Å². The third-order valence-electron chi connectivity index (χ3n) is 4.22. The molecule has 0 bridgehead atoms. The van der Waals surface area contributed by atoms with Crippen LogP contribution in [-0.4, -0.2) is 30.8 Å². The maximum Gasteiger partial charge on any atom is 0.243 e. The smallest absolute Gasteiger partial charge is 0.243 e. The Hall–Kier alpha value is -1.92. The van der Waals surface area contributed by atoms with E-state index in [-0.39, 0.29) is 0 Å². The van der Waals surface area contributed by atoms with Crippen LogP contribution in [0.1, 0.15) is 58.6 Å². The van der Waals surface area contributed by atoms with Gasteiger partial charge in [-0.05, 0) is 49.6 Å². The van der Waals surface area contributed by atoms with E-state index in [0.29, 0.717) is 23.9 Å². The Morgan fingerprint density at radius 2 is 1.70 bits per heavy atom. The predicted octanol–water partition coefficient (Wildman–Crippen LogP) is 5.36. The first-order valence-corrected chi connectivity index (χ1v) is 11.2. The van der Waals surface area contributed by atoms with E-state index in [4.69, 9.17) is 4.42 Å². The van der Waals surface area contributed by atoms with Gasteiger partial charge in [0.1, 0.15) is 12.0 Å². The Kier molecular flexibility index (Phi) is 8.25. The second-order valence-electron chi connectivity index (χ2n) is 6.55. The zero-order valence-electron chi connectivity index (χ0n) is 16.5. The summed E-state index contributed by atoms with van der Waals surface area (Å²) < 4.78 is 32.7. The van der Waals surface area contributed by atoms with Crippen LogP contribution in [0.2, 0.25) is 0 Å². The van der Waals surface area contributed by atoms with Crippen molar-refractivity contribution in [2.45, 2.75) is 57.8 Å². The minimum absolute atomic E-state index is 0.305. The average molecular weight is 391 g/mol. The normalized spacial score (nSPS) is 12.3. The summed E-state index contributed by atoms with van der Waals surface area (Å²) >= 11 is 0. The SMILES string of the molecule is CCCCC=Cc1coc(-c2ccc(S(=O)(=O)N(CCC)CCC)cc2)n1. The molecule has 148 valence electrons. The first-order valence-electron chi connectivity index (χ1n) is 9.75. The number of hydrogen-bond donors (Lipinski definition) is 0. The van der Waals surface area contributed by atoms with Gasteiger partial charge in [0.05, 0.1) is 4.90 Å². The second-order valence-corrected chi connectivity index (χ2v) is 8.49. The summed E-state index contributed by atoms with van der Waals surface area (Å²) in [5.74, 6) is 0.494. The number of unbranched alkanes of at least 4 members (excludes halogenated alkanes) is 2. The molecule has 0 amide bonds. The van der Waals surface area contributed by atoms with E-state index in [0.717, 1.165) is 43.4 Å². The minimum Gasteiger partial charge on any atom is -0.444 e. The second kappa shape index (κ2) is 10.4. The van der Waals surface area contributed by atoms with Gasteiger partial charge in [0, 0.05) is 18.7 Å². The molecule has 5 nitrogen and oxygen atoms in total. The zero-order chi connectivity index (χ0) is 19.7. The molecule has 0 aliphatic rings. The van der Waals surface area contributed by atoms with Gasteiger partial charge in [-0.15, -0.1) is 0 Å². The highest BCUT2D eigenvalue weighted by Crippen LogP contribution is 2.23. The van der Waals surface area contributed by atoms with Crippen LogP contribution in [0.4, 0.5) is 0 Å². The Labute approximate surface area is 163 Å². The highest BCUT2D eigenvalue weighted by atomic mass is 32.2. The third kappa shape index (κ3) is 5.78. The van der Waals surface area contributed by atoms with Crippen LogP contribution >= 0.6 is 0 Å². The molecule has 0 aliphatic heterocycles. The van der Waals surface area contributed by atoms with E-state index in [9.17, 15) is 8.42 Å². The van der Waals surface area contributed by atoms with Crippen molar-refractivity contribution < 1.29 is 12.8 Å². The fraction of sp³-hybridized carbons (Fsp3) is 0.476. The molecule has 1 aromatic heterocycles. The lowest BCUT2D eigenvalue weighted by molar-refractivity contribution is 0.410. The van der Waals surface area contributed by atoms with E-state index in [1.807, 2.05) is 19.9 Å². The molecule has 0 saturated carbocycles. The van der Waals surface area contributed by atoms with Crippen LogP contribution < -0.4 is 0 Å². The molecule has 0 N–H and O–H groups in total. The molecule has 1 heterocycles. The molecule has 0 unspecified atom stereocenters. The van der Waals surface area contributed by atoms with Crippen molar-refractivity contribution in [2.24, 2.45) is 0 Å². The average Bonchev–Trinajstić information content (AvgIpc) is 3.14. The van der Waals surface area contributed by atoms with Gasteiger partial charge < -0.3 is 4.42 Å². The van der Waals surface area contributed by atoms with Crippen LogP contribution in [0.15, 0.2) is 45.9 Å². The van der Waals surface area contributed by atoms with Gasteiger partial charge in [0.25, 0.3) is 0 Å². The molecule has 0 radical (unpaired) electrons. The largest absolute Gasteiger partial charge is 0.444 e. The number of oxazole rings is 1. The van der Waals surface area contributed by atoms with Crippen molar-refractivity contribution in [3.05, 3.63) is 42.3 Å². The number of aromatic nitrogens is 1. The highest BCUT2D eigenvalue weighted by Gasteiger charge is 2.23. The quantitative estimate of drug-likeness (QED) is 0.485. The number of allylic oxidation sites excluding steroid dienone is 1. The Morgan fingerprint density at radius 3 is 2.30 bits per heavy atom. The molecule has 2 rings (SSSR count). The lowest BCUT2D eigenvalue weighted by Crippen LogP contribution is -2.32. The fourth-order valence-corrected chi connectivity index (χ4v) is 4.41.